The summed E-state index contributed by atoms with van der Waals surface area (Å²) in [5, 5.41) is 9.57. The third kappa shape index (κ3) is 2.24. The van der Waals surface area contributed by atoms with Crippen molar-refractivity contribution >= 4 is 11.6 Å². The third-order valence-electron chi connectivity index (χ3n) is 5.06. The maximum atomic E-state index is 9.57. The summed E-state index contributed by atoms with van der Waals surface area (Å²) in [7, 11) is 0. The largest absolute Gasteiger partial charge is 0.389 e. The third-order valence-corrected chi connectivity index (χ3v) is 5.42. The smallest absolute Gasteiger partial charge is 0.0908 e. The van der Waals surface area contributed by atoms with E-state index in [0.29, 0.717) is 12.0 Å². The number of aliphatic hydroxyl groups excluding tert-OH is 1. The highest BCUT2D eigenvalue weighted by atomic mass is 35.5. The minimum Gasteiger partial charge on any atom is -0.389 e. The summed E-state index contributed by atoms with van der Waals surface area (Å²) in [6.45, 7) is 2.85. The number of halogens is 1. The van der Waals surface area contributed by atoms with Crippen molar-refractivity contribution in [2.24, 2.45) is 17.3 Å². The van der Waals surface area contributed by atoms with Crippen LogP contribution < -0.4 is 0 Å². The van der Waals surface area contributed by atoms with Crippen molar-refractivity contribution in [2.45, 2.75) is 57.2 Å². The van der Waals surface area contributed by atoms with Gasteiger partial charge in [-0.3, -0.25) is 0 Å². The maximum Gasteiger partial charge on any atom is 0.0908 e. The maximum absolute atomic E-state index is 9.57. The van der Waals surface area contributed by atoms with Gasteiger partial charge in [0, 0.05) is 0 Å². The molecule has 0 aromatic heterocycles. The summed E-state index contributed by atoms with van der Waals surface area (Å²) < 4.78 is 6.13. The van der Waals surface area contributed by atoms with E-state index in [4.69, 9.17) is 16.3 Å². The zero-order valence-electron chi connectivity index (χ0n) is 10.6. The molecule has 1 N–H and O–H groups in total. The Bertz CT molecular complexity index is 291. The van der Waals surface area contributed by atoms with E-state index in [2.05, 4.69) is 6.92 Å². The number of alkyl halides is 1. The average molecular weight is 259 g/mol. The molecule has 0 aromatic rings. The molecule has 0 aromatic carbocycles. The van der Waals surface area contributed by atoms with Crippen LogP contribution in [0.2, 0.25) is 0 Å². The van der Waals surface area contributed by atoms with Gasteiger partial charge >= 0.3 is 0 Å². The van der Waals surface area contributed by atoms with Gasteiger partial charge in [0.25, 0.3) is 0 Å². The van der Waals surface area contributed by atoms with Gasteiger partial charge in [-0.05, 0) is 55.8 Å². The monoisotopic (exact) mass is 258 g/mol. The van der Waals surface area contributed by atoms with E-state index >= 15 is 0 Å². The normalized spacial score (nSPS) is 49.6. The summed E-state index contributed by atoms with van der Waals surface area (Å²) in [4.78, 5) is 0. The first-order chi connectivity index (χ1) is 8.03. The van der Waals surface area contributed by atoms with Crippen LogP contribution in [0, 0.1) is 17.3 Å². The van der Waals surface area contributed by atoms with Crippen LogP contribution in [0.3, 0.4) is 0 Å². The zero-order valence-corrected chi connectivity index (χ0v) is 11.4. The van der Waals surface area contributed by atoms with Gasteiger partial charge in [-0.1, -0.05) is 6.92 Å². The van der Waals surface area contributed by atoms with Crippen LogP contribution >= 0.6 is 11.6 Å². The van der Waals surface area contributed by atoms with E-state index < -0.39 is 6.10 Å². The lowest BCUT2D eigenvalue weighted by Gasteiger charge is -2.61. The predicted octanol–water partition coefficient (Wildman–Crippen LogP) is 2.96. The lowest BCUT2D eigenvalue weighted by Crippen LogP contribution is -2.56. The Morgan fingerprint density at radius 1 is 1.29 bits per heavy atom. The fraction of sp³-hybridized carbons (Fsp3) is 1.00. The zero-order chi connectivity index (χ0) is 12.1. The van der Waals surface area contributed by atoms with Crippen LogP contribution in [0.1, 0.15) is 45.4 Å². The topological polar surface area (TPSA) is 29.5 Å². The molecule has 0 aliphatic heterocycles. The summed E-state index contributed by atoms with van der Waals surface area (Å²) in [5.74, 6) is 2.02. The fourth-order valence-corrected chi connectivity index (χ4v) is 5.20. The standard InChI is InChI=1S/C14H23ClO2/c1-13-3-10-2-11(4-13)6-14(5-10,9-13)17-8-12(16)7-15/h10-12,16H,2-9H2,1H3. The average Bonchev–Trinajstić information content (AvgIpc) is 2.22. The highest BCUT2D eigenvalue weighted by Gasteiger charge is 2.56. The molecule has 4 aliphatic carbocycles. The van der Waals surface area contributed by atoms with E-state index in [1.807, 2.05) is 0 Å². The molecule has 0 radical (unpaired) electrons. The number of hydrogen-bond acceptors (Lipinski definition) is 2. The number of aliphatic hydroxyl groups is 1. The predicted molar refractivity (Wildman–Crippen MR) is 68.2 cm³/mol. The van der Waals surface area contributed by atoms with Crippen LogP contribution in [0.25, 0.3) is 0 Å². The van der Waals surface area contributed by atoms with Crippen molar-refractivity contribution in [1.82, 2.24) is 0 Å². The fourth-order valence-electron chi connectivity index (χ4n) is 5.11. The van der Waals surface area contributed by atoms with Crippen LogP contribution in [-0.4, -0.2) is 29.3 Å². The first kappa shape index (κ1) is 12.3. The van der Waals surface area contributed by atoms with E-state index in [1.165, 1.54) is 38.5 Å². The van der Waals surface area contributed by atoms with Gasteiger partial charge in [-0.15, -0.1) is 11.6 Å². The molecule has 4 rings (SSSR count). The summed E-state index contributed by atoms with van der Waals surface area (Å²) in [6, 6.07) is 0. The molecule has 17 heavy (non-hydrogen) atoms. The Morgan fingerprint density at radius 3 is 2.47 bits per heavy atom. The Balaban J connectivity index is 1.70. The quantitative estimate of drug-likeness (QED) is 0.786. The van der Waals surface area contributed by atoms with Crippen LogP contribution in [0.15, 0.2) is 0 Å². The molecule has 3 unspecified atom stereocenters. The molecular weight excluding hydrogens is 236 g/mol. The second-order valence-corrected chi connectivity index (χ2v) is 7.38. The molecule has 0 saturated heterocycles. The molecule has 4 fully saturated rings. The molecule has 0 spiro atoms. The summed E-state index contributed by atoms with van der Waals surface area (Å²) in [6.07, 6.45) is 7.33. The van der Waals surface area contributed by atoms with E-state index in [1.54, 1.807) is 0 Å². The van der Waals surface area contributed by atoms with Crippen LogP contribution in [-0.2, 0) is 4.74 Å². The van der Waals surface area contributed by atoms with Gasteiger partial charge in [0.1, 0.15) is 0 Å². The second-order valence-electron chi connectivity index (χ2n) is 7.07. The van der Waals surface area contributed by atoms with Crippen LogP contribution in [0.4, 0.5) is 0 Å². The Kier molecular flexibility index (Phi) is 2.96. The Morgan fingerprint density at radius 2 is 1.94 bits per heavy atom. The van der Waals surface area contributed by atoms with Gasteiger partial charge in [-0.25, -0.2) is 0 Å². The number of hydrogen-bond donors (Lipinski definition) is 1. The van der Waals surface area contributed by atoms with Gasteiger partial charge in [0.2, 0.25) is 0 Å². The van der Waals surface area contributed by atoms with Crippen LogP contribution in [0.5, 0.6) is 0 Å². The number of rotatable bonds is 4. The van der Waals surface area contributed by atoms with Gasteiger partial charge in [0.15, 0.2) is 0 Å². The SMILES string of the molecule is CC12CC3CC(C1)CC(OCC(O)CCl)(C3)C2. The van der Waals surface area contributed by atoms with E-state index in [0.717, 1.165) is 11.8 Å². The Hall–Kier alpha value is 0.210. The molecule has 0 heterocycles. The summed E-state index contributed by atoms with van der Waals surface area (Å²) >= 11 is 5.64. The van der Waals surface area contributed by atoms with Crippen molar-refractivity contribution in [2.75, 3.05) is 12.5 Å². The minimum atomic E-state index is -0.502. The second kappa shape index (κ2) is 4.11. The van der Waals surface area contributed by atoms with Crippen molar-refractivity contribution in [3.05, 3.63) is 0 Å². The highest BCUT2D eigenvalue weighted by Crippen LogP contribution is 2.62. The van der Waals surface area contributed by atoms with E-state index in [9.17, 15) is 5.11 Å². The molecule has 3 atom stereocenters. The highest BCUT2D eigenvalue weighted by molar-refractivity contribution is 6.18. The first-order valence-electron chi connectivity index (χ1n) is 6.91. The van der Waals surface area contributed by atoms with Crippen molar-refractivity contribution in [3.8, 4) is 0 Å². The molecule has 2 nitrogen and oxygen atoms in total. The Labute approximate surface area is 109 Å². The van der Waals surface area contributed by atoms with Gasteiger partial charge < -0.3 is 9.84 Å². The molecule has 4 aliphatic rings. The molecule has 3 heteroatoms. The van der Waals surface area contributed by atoms with Gasteiger partial charge in [-0.2, -0.15) is 0 Å². The molecular formula is C14H23ClO2. The molecule has 4 bridgehead atoms. The van der Waals surface area contributed by atoms with Crippen molar-refractivity contribution < 1.29 is 9.84 Å². The molecule has 98 valence electrons. The lowest BCUT2D eigenvalue weighted by molar-refractivity contribution is -0.196. The first-order valence-corrected chi connectivity index (χ1v) is 7.44. The van der Waals surface area contributed by atoms with Gasteiger partial charge in [0.05, 0.1) is 24.2 Å². The molecule has 4 saturated carbocycles. The lowest BCUT2D eigenvalue weighted by atomic mass is 9.48. The van der Waals surface area contributed by atoms with Crippen molar-refractivity contribution in [1.29, 1.82) is 0 Å². The number of ether oxygens (including phenoxy) is 1. The summed E-state index contributed by atoms with van der Waals surface area (Å²) in [5.41, 5.74) is 0.585. The van der Waals surface area contributed by atoms with E-state index in [-0.39, 0.29) is 11.5 Å². The minimum absolute atomic E-state index is 0.0753. The molecule has 0 amide bonds. The van der Waals surface area contributed by atoms with Crippen molar-refractivity contribution in [3.63, 3.8) is 0 Å².